The molecule has 3 heterocycles. The molecule has 0 N–H and O–H groups in total. The fourth-order valence-electron chi connectivity index (χ4n) is 7.01. The lowest BCUT2D eigenvalue weighted by Crippen LogP contribution is -2.57. The van der Waals surface area contributed by atoms with Crippen LogP contribution in [0.25, 0.3) is 0 Å². The molecule has 0 spiro atoms. The van der Waals surface area contributed by atoms with E-state index in [1.807, 2.05) is 4.90 Å². The van der Waals surface area contributed by atoms with Gasteiger partial charge < -0.3 is 29.2 Å². The van der Waals surface area contributed by atoms with Crippen molar-refractivity contribution in [2.45, 2.75) is 86.1 Å². The normalized spacial score (nSPS) is 19.7. The van der Waals surface area contributed by atoms with Crippen molar-refractivity contribution >= 4 is 41.2 Å². The average molecular weight is 614 g/mol. The number of rotatable bonds is 12. The van der Waals surface area contributed by atoms with E-state index < -0.39 is 17.4 Å². The zero-order valence-corrected chi connectivity index (χ0v) is 27.6. The molecule has 3 fully saturated rings. The third-order valence-electron chi connectivity index (χ3n) is 9.54. The number of hydrogen-bond acceptors (Lipinski definition) is 10. The number of piperazine rings is 1. The molecule has 0 bridgehead atoms. The summed E-state index contributed by atoms with van der Waals surface area (Å²) in [6, 6.07) is -0.573. The van der Waals surface area contributed by atoms with Crippen LogP contribution in [0.1, 0.15) is 90.4 Å². The van der Waals surface area contributed by atoms with Crippen molar-refractivity contribution in [1.29, 1.82) is 0 Å². The van der Waals surface area contributed by atoms with Crippen LogP contribution in [0.5, 0.6) is 0 Å². The van der Waals surface area contributed by atoms with Crippen molar-refractivity contribution in [2.24, 2.45) is 5.41 Å². The molecule has 244 valence electrons. The first kappa shape index (κ1) is 33.5. The number of amides is 2. The van der Waals surface area contributed by atoms with Gasteiger partial charge in [0.05, 0.1) is 6.61 Å². The van der Waals surface area contributed by atoms with E-state index in [4.69, 9.17) is 14.7 Å². The second-order valence-electron chi connectivity index (χ2n) is 11.9. The molecular weight excluding hydrogens is 562 g/mol. The summed E-state index contributed by atoms with van der Waals surface area (Å²) in [5.41, 5.74) is -0.656. The predicted molar refractivity (Wildman–Crippen MR) is 170 cm³/mol. The first-order valence-electron chi connectivity index (χ1n) is 16.6. The quantitative estimate of drug-likeness (QED) is 0.198. The summed E-state index contributed by atoms with van der Waals surface area (Å²) < 4.78 is 5.35. The minimum absolute atomic E-state index is 0.0744. The number of ketones is 1. The Morgan fingerprint density at radius 1 is 0.841 bits per heavy atom. The monoisotopic (exact) mass is 613 g/mol. The number of anilines is 3. The zero-order chi connectivity index (χ0) is 32.0. The van der Waals surface area contributed by atoms with Crippen molar-refractivity contribution in [3.8, 4) is 0 Å². The highest BCUT2D eigenvalue weighted by Crippen LogP contribution is 2.42. The summed E-state index contributed by atoms with van der Waals surface area (Å²) in [5.74, 6) is 0.993. The van der Waals surface area contributed by atoms with Crippen LogP contribution in [0.4, 0.5) is 17.6 Å². The second kappa shape index (κ2) is 14.6. The van der Waals surface area contributed by atoms with E-state index in [-0.39, 0.29) is 24.2 Å². The van der Waals surface area contributed by atoms with Crippen molar-refractivity contribution in [1.82, 2.24) is 19.8 Å². The number of esters is 1. The maximum absolute atomic E-state index is 13.9. The Balaban J connectivity index is 1.55. The number of aromatic nitrogens is 2. The van der Waals surface area contributed by atoms with Crippen molar-refractivity contribution in [3.63, 3.8) is 0 Å². The van der Waals surface area contributed by atoms with Gasteiger partial charge in [0.15, 0.2) is 5.78 Å². The van der Waals surface area contributed by atoms with E-state index in [0.717, 1.165) is 32.4 Å². The number of Topliss-reactive ketones (excluding diaryl/α,β-unsaturated/α-hetero) is 1. The van der Waals surface area contributed by atoms with E-state index in [1.54, 1.807) is 18.7 Å². The molecule has 3 aliphatic rings. The van der Waals surface area contributed by atoms with Crippen LogP contribution in [0.3, 0.4) is 0 Å². The largest absolute Gasteiger partial charge is 0.465 e. The summed E-state index contributed by atoms with van der Waals surface area (Å²) in [4.78, 5) is 73.4. The number of hydrogen-bond donors (Lipinski definition) is 0. The lowest BCUT2D eigenvalue weighted by atomic mass is 9.84. The SMILES string of the molecule is CCOC(=O)C1(C(=O)N2CCCC2C(=O)N2CCN(c3nc(N(CC)CC)nc(N(CC)CC)c3C(C)=O)CC2)CCCC1. The van der Waals surface area contributed by atoms with Crippen molar-refractivity contribution < 1.29 is 23.9 Å². The Hall–Kier alpha value is -3.44. The van der Waals surface area contributed by atoms with Gasteiger partial charge in [-0.3, -0.25) is 19.2 Å². The van der Waals surface area contributed by atoms with E-state index in [9.17, 15) is 19.2 Å². The molecule has 1 aromatic rings. The molecule has 0 radical (unpaired) electrons. The van der Waals surface area contributed by atoms with Crippen LogP contribution < -0.4 is 14.7 Å². The van der Waals surface area contributed by atoms with Crippen LogP contribution in [-0.4, -0.2) is 115 Å². The summed E-state index contributed by atoms with van der Waals surface area (Å²) in [6.07, 6.45) is 3.87. The molecular formula is C32H51N7O5. The topological polar surface area (TPSA) is 119 Å². The number of carbonyl (C=O) groups excluding carboxylic acids is 4. The Kier molecular flexibility index (Phi) is 11.1. The van der Waals surface area contributed by atoms with Crippen molar-refractivity contribution in [2.75, 3.05) is 80.2 Å². The summed E-state index contributed by atoms with van der Waals surface area (Å²) in [6.45, 7) is 17.0. The maximum Gasteiger partial charge on any atom is 0.321 e. The van der Waals surface area contributed by atoms with Crippen LogP contribution in [0.2, 0.25) is 0 Å². The number of likely N-dealkylation sites (tertiary alicyclic amines) is 1. The van der Waals surface area contributed by atoms with E-state index >= 15 is 0 Å². The summed E-state index contributed by atoms with van der Waals surface area (Å²) in [7, 11) is 0. The molecule has 44 heavy (non-hydrogen) atoms. The average Bonchev–Trinajstić information content (AvgIpc) is 3.73. The first-order valence-corrected chi connectivity index (χ1v) is 16.6. The van der Waals surface area contributed by atoms with Crippen LogP contribution >= 0.6 is 0 Å². The van der Waals surface area contributed by atoms with Gasteiger partial charge in [-0.25, -0.2) is 0 Å². The molecule has 4 rings (SSSR count). The molecule has 0 aromatic carbocycles. The smallest absolute Gasteiger partial charge is 0.321 e. The Bertz CT molecular complexity index is 1200. The van der Waals surface area contributed by atoms with Gasteiger partial charge in [-0.1, -0.05) is 12.8 Å². The standard InChI is InChI=1S/C32H51N7O5/c1-7-35(8-2)26-25(23(6)40)27(34-31(33-26)36(9-3)10-4)37-19-21-38(22-20-37)28(41)24-15-14-18-39(24)29(42)32(16-12-13-17-32)30(43)44-11-5/h24H,7-22H2,1-6H3. The molecule has 2 amide bonds. The number of carbonyl (C=O) groups is 4. The third kappa shape index (κ3) is 6.35. The Labute approximate surface area is 262 Å². The third-order valence-corrected chi connectivity index (χ3v) is 9.54. The molecule has 1 atom stereocenters. The molecule has 1 unspecified atom stereocenters. The van der Waals surface area contributed by atoms with Gasteiger partial charge in [0, 0.05) is 58.9 Å². The fraction of sp³-hybridized carbons (Fsp3) is 0.750. The lowest BCUT2D eigenvalue weighted by molar-refractivity contribution is -0.167. The lowest BCUT2D eigenvalue weighted by Gasteiger charge is -2.40. The van der Waals surface area contributed by atoms with Crippen molar-refractivity contribution in [3.05, 3.63) is 5.56 Å². The van der Waals surface area contributed by atoms with Gasteiger partial charge in [0.25, 0.3) is 0 Å². The number of ether oxygens (including phenoxy) is 1. The fourth-order valence-corrected chi connectivity index (χ4v) is 7.01. The zero-order valence-electron chi connectivity index (χ0n) is 27.6. The maximum atomic E-state index is 13.9. The minimum atomic E-state index is -1.17. The highest BCUT2D eigenvalue weighted by molar-refractivity contribution is 6.05. The molecule has 2 aliphatic heterocycles. The highest BCUT2D eigenvalue weighted by atomic mass is 16.5. The first-order chi connectivity index (χ1) is 21.2. The molecule has 1 aromatic heterocycles. The Morgan fingerprint density at radius 3 is 2.00 bits per heavy atom. The molecule has 12 nitrogen and oxygen atoms in total. The van der Waals surface area contributed by atoms with Gasteiger partial charge in [-0.15, -0.1) is 0 Å². The van der Waals surface area contributed by atoms with Gasteiger partial charge >= 0.3 is 5.97 Å². The van der Waals surface area contributed by atoms with Crippen LogP contribution in [0, 0.1) is 5.41 Å². The van der Waals surface area contributed by atoms with Gasteiger partial charge in [0.1, 0.15) is 28.7 Å². The summed E-state index contributed by atoms with van der Waals surface area (Å²) >= 11 is 0. The molecule has 12 heteroatoms. The van der Waals surface area contributed by atoms with E-state index in [1.165, 1.54) is 0 Å². The molecule has 2 saturated heterocycles. The van der Waals surface area contributed by atoms with Crippen LogP contribution in [-0.2, 0) is 19.1 Å². The van der Waals surface area contributed by atoms with Gasteiger partial charge in [-0.05, 0) is 67.2 Å². The van der Waals surface area contributed by atoms with Gasteiger partial charge in [-0.2, -0.15) is 9.97 Å². The second-order valence-corrected chi connectivity index (χ2v) is 11.9. The van der Waals surface area contributed by atoms with E-state index in [2.05, 4.69) is 42.4 Å². The van der Waals surface area contributed by atoms with Crippen LogP contribution in [0.15, 0.2) is 0 Å². The minimum Gasteiger partial charge on any atom is -0.465 e. The van der Waals surface area contributed by atoms with Gasteiger partial charge in [0.2, 0.25) is 17.8 Å². The summed E-state index contributed by atoms with van der Waals surface area (Å²) in [5, 5.41) is 0. The molecule has 1 saturated carbocycles. The molecule has 1 aliphatic carbocycles. The van der Waals surface area contributed by atoms with E-state index in [0.29, 0.717) is 88.2 Å². The number of nitrogens with zero attached hydrogens (tertiary/aromatic N) is 7. The predicted octanol–water partition coefficient (Wildman–Crippen LogP) is 3.13. The Morgan fingerprint density at radius 2 is 1.45 bits per heavy atom. The highest BCUT2D eigenvalue weighted by Gasteiger charge is 2.53.